The Hall–Kier alpha value is -1.84. The van der Waals surface area contributed by atoms with Crippen LogP contribution in [0.2, 0.25) is 0 Å². The lowest BCUT2D eigenvalue weighted by Crippen LogP contribution is -2.21. The van der Waals surface area contributed by atoms with Gasteiger partial charge in [0.15, 0.2) is 0 Å². The van der Waals surface area contributed by atoms with Gasteiger partial charge in [0.2, 0.25) is 0 Å². The maximum Gasteiger partial charge on any atom is 0.260 e. The van der Waals surface area contributed by atoms with E-state index >= 15 is 0 Å². The average Bonchev–Trinajstić information content (AvgIpc) is 2.28. The van der Waals surface area contributed by atoms with Crippen molar-refractivity contribution in [2.75, 3.05) is 0 Å². The van der Waals surface area contributed by atoms with E-state index in [1.807, 2.05) is 13.8 Å². The monoisotopic (exact) mass is 232 g/mol. The fourth-order valence-corrected chi connectivity index (χ4v) is 2.16. The van der Waals surface area contributed by atoms with Crippen LogP contribution in [0.5, 0.6) is 5.75 Å². The van der Waals surface area contributed by atoms with Crippen molar-refractivity contribution < 1.29 is 5.11 Å². The average molecular weight is 232 g/mol. The van der Waals surface area contributed by atoms with Gasteiger partial charge in [0.1, 0.15) is 5.75 Å². The molecule has 0 bridgehead atoms. The SMILES string of the molecule is Cc1nc(C)c2c(=O)n(C)c(C)c(O)c2c1C. The van der Waals surface area contributed by atoms with E-state index in [-0.39, 0.29) is 11.3 Å². The van der Waals surface area contributed by atoms with Crippen LogP contribution in [0.25, 0.3) is 10.8 Å². The van der Waals surface area contributed by atoms with Crippen molar-refractivity contribution in [2.24, 2.45) is 7.05 Å². The Balaban J connectivity index is 3.23. The van der Waals surface area contributed by atoms with Crippen LogP contribution in [0, 0.1) is 27.7 Å². The number of rotatable bonds is 0. The quantitative estimate of drug-likeness (QED) is 0.754. The van der Waals surface area contributed by atoms with E-state index < -0.39 is 0 Å². The molecule has 0 saturated heterocycles. The van der Waals surface area contributed by atoms with Gasteiger partial charge in [0.25, 0.3) is 5.56 Å². The maximum absolute atomic E-state index is 12.2. The molecule has 90 valence electrons. The lowest BCUT2D eigenvalue weighted by atomic mass is 10.0. The lowest BCUT2D eigenvalue weighted by molar-refractivity contribution is 0.468. The zero-order valence-corrected chi connectivity index (χ0v) is 10.7. The van der Waals surface area contributed by atoms with Gasteiger partial charge in [-0.15, -0.1) is 0 Å². The van der Waals surface area contributed by atoms with E-state index in [1.54, 1.807) is 20.9 Å². The Kier molecular flexibility index (Phi) is 2.45. The number of fused-ring (bicyclic) bond motifs is 1. The largest absolute Gasteiger partial charge is 0.505 e. The second-order valence-corrected chi connectivity index (χ2v) is 4.46. The highest BCUT2D eigenvalue weighted by Crippen LogP contribution is 2.30. The molecule has 4 heteroatoms. The van der Waals surface area contributed by atoms with Gasteiger partial charge in [-0.2, -0.15) is 0 Å². The molecule has 0 fully saturated rings. The minimum absolute atomic E-state index is 0.108. The molecule has 0 saturated carbocycles. The van der Waals surface area contributed by atoms with E-state index in [4.69, 9.17) is 0 Å². The molecule has 0 amide bonds. The second-order valence-electron chi connectivity index (χ2n) is 4.46. The Morgan fingerprint density at radius 2 is 1.65 bits per heavy atom. The lowest BCUT2D eigenvalue weighted by Gasteiger charge is -2.14. The molecule has 0 spiro atoms. The van der Waals surface area contributed by atoms with Crippen molar-refractivity contribution in [2.45, 2.75) is 27.7 Å². The Bertz CT molecular complexity index is 684. The third-order valence-corrected chi connectivity index (χ3v) is 3.47. The summed E-state index contributed by atoms with van der Waals surface area (Å²) in [4.78, 5) is 16.5. The van der Waals surface area contributed by atoms with E-state index in [2.05, 4.69) is 4.98 Å². The summed E-state index contributed by atoms with van der Waals surface area (Å²) in [6.07, 6.45) is 0. The molecule has 0 atom stereocenters. The maximum atomic E-state index is 12.2. The molecule has 1 N–H and O–H groups in total. The molecule has 2 rings (SSSR count). The van der Waals surface area contributed by atoms with Crippen molar-refractivity contribution in [1.82, 2.24) is 9.55 Å². The fraction of sp³-hybridized carbons (Fsp3) is 0.385. The molecule has 0 aliphatic heterocycles. The van der Waals surface area contributed by atoms with Crippen molar-refractivity contribution in [3.05, 3.63) is 33.0 Å². The summed E-state index contributed by atoms with van der Waals surface area (Å²) >= 11 is 0. The number of aryl methyl sites for hydroxylation is 3. The van der Waals surface area contributed by atoms with Gasteiger partial charge in [-0.1, -0.05) is 0 Å². The minimum Gasteiger partial charge on any atom is -0.505 e. The number of aromatic nitrogens is 2. The molecule has 4 nitrogen and oxygen atoms in total. The highest BCUT2D eigenvalue weighted by molar-refractivity contribution is 5.92. The standard InChI is InChI=1S/C13H16N2O2/c1-6-7(2)14-8(3)11-10(6)12(16)9(4)15(5)13(11)17/h16H,1-5H3. The van der Waals surface area contributed by atoms with Crippen molar-refractivity contribution in [3.8, 4) is 5.75 Å². The van der Waals surface area contributed by atoms with Crippen molar-refractivity contribution >= 4 is 10.8 Å². The number of pyridine rings is 2. The minimum atomic E-state index is -0.108. The van der Waals surface area contributed by atoms with Crippen LogP contribution in [0.15, 0.2) is 4.79 Å². The fourth-order valence-electron chi connectivity index (χ4n) is 2.16. The van der Waals surface area contributed by atoms with Gasteiger partial charge in [-0.3, -0.25) is 9.78 Å². The van der Waals surface area contributed by atoms with Gasteiger partial charge in [0, 0.05) is 18.1 Å². The smallest absolute Gasteiger partial charge is 0.260 e. The summed E-state index contributed by atoms with van der Waals surface area (Å²) in [5.74, 6) is 0.174. The van der Waals surface area contributed by atoms with Gasteiger partial charge in [-0.25, -0.2) is 0 Å². The molecule has 2 heterocycles. The third kappa shape index (κ3) is 1.44. The van der Waals surface area contributed by atoms with Crippen LogP contribution in [0.4, 0.5) is 0 Å². The number of hydrogen-bond acceptors (Lipinski definition) is 3. The summed E-state index contributed by atoms with van der Waals surface area (Å²) in [7, 11) is 1.66. The third-order valence-electron chi connectivity index (χ3n) is 3.47. The predicted molar refractivity (Wildman–Crippen MR) is 67.6 cm³/mol. The van der Waals surface area contributed by atoms with E-state index in [0.29, 0.717) is 22.2 Å². The predicted octanol–water partition coefficient (Wildman–Crippen LogP) is 1.87. The highest BCUT2D eigenvalue weighted by atomic mass is 16.3. The number of nitrogens with zero attached hydrogens (tertiary/aromatic N) is 2. The zero-order chi connectivity index (χ0) is 12.9. The van der Waals surface area contributed by atoms with Crippen LogP contribution in [-0.2, 0) is 7.05 Å². The first-order valence-corrected chi connectivity index (χ1v) is 5.52. The zero-order valence-electron chi connectivity index (χ0n) is 10.7. The highest BCUT2D eigenvalue weighted by Gasteiger charge is 2.16. The molecule has 0 aliphatic rings. The van der Waals surface area contributed by atoms with Gasteiger partial charge in [0.05, 0.1) is 16.8 Å². The molecular weight excluding hydrogens is 216 g/mol. The molecule has 0 unspecified atom stereocenters. The van der Waals surface area contributed by atoms with Crippen molar-refractivity contribution in [1.29, 1.82) is 0 Å². The van der Waals surface area contributed by atoms with Gasteiger partial charge < -0.3 is 9.67 Å². The van der Waals surface area contributed by atoms with Crippen molar-refractivity contribution in [3.63, 3.8) is 0 Å². The van der Waals surface area contributed by atoms with E-state index in [0.717, 1.165) is 11.3 Å². The van der Waals surface area contributed by atoms with Crippen LogP contribution >= 0.6 is 0 Å². The van der Waals surface area contributed by atoms with Gasteiger partial charge in [-0.05, 0) is 33.3 Å². The van der Waals surface area contributed by atoms with Gasteiger partial charge >= 0.3 is 0 Å². The van der Waals surface area contributed by atoms with E-state index in [1.165, 1.54) is 4.57 Å². The Labute approximate surface area is 99.5 Å². The Morgan fingerprint density at radius 3 is 2.24 bits per heavy atom. The number of aromatic hydroxyl groups is 1. The molecule has 2 aromatic heterocycles. The molecule has 2 aromatic rings. The second kappa shape index (κ2) is 3.58. The Morgan fingerprint density at radius 1 is 1.06 bits per heavy atom. The first kappa shape index (κ1) is 11.6. The molecule has 0 aliphatic carbocycles. The first-order chi connectivity index (χ1) is 7.86. The summed E-state index contributed by atoms with van der Waals surface area (Å²) < 4.78 is 1.46. The van der Waals surface area contributed by atoms with E-state index in [9.17, 15) is 9.90 Å². The van der Waals surface area contributed by atoms with Crippen LogP contribution in [0.3, 0.4) is 0 Å². The summed E-state index contributed by atoms with van der Waals surface area (Å²) in [5, 5.41) is 11.4. The molecule has 0 aromatic carbocycles. The van der Waals surface area contributed by atoms with Crippen LogP contribution < -0.4 is 5.56 Å². The first-order valence-electron chi connectivity index (χ1n) is 5.52. The summed E-state index contributed by atoms with van der Waals surface area (Å²) in [6, 6.07) is 0. The summed E-state index contributed by atoms with van der Waals surface area (Å²) in [5.41, 5.74) is 2.85. The van der Waals surface area contributed by atoms with Crippen LogP contribution in [0.1, 0.15) is 22.6 Å². The summed E-state index contributed by atoms with van der Waals surface area (Å²) in [6.45, 7) is 7.29. The normalized spacial score (nSPS) is 11.1. The topological polar surface area (TPSA) is 55.1 Å². The van der Waals surface area contributed by atoms with Crippen LogP contribution in [-0.4, -0.2) is 14.7 Å². The number of hydrogen-bond donors (Lipinski definition) is 1. The molecular formula is C13H16N2O2. The molecule has 17 heavy (non-hydrogen) atoms. The molecule has 0 radical (unpaired) electrons.